The number of alkyl halides is 1. The summed E-state index contributed by atoms with van der Waals surface area (Å²) in [5, 5.41) is 15.9. The number of nitrogens with zero attached hydrogens (tertiary/aromatic N) is 7. The van der Waals surface area contributed by atoms with Gasteiger partial charge in [-0.1, -0.05) is 351 Å². The van der Waals surface area contributed by atoms with Crippen LogP contribution in [0.3, 0.4) is 0 Å². The predicted molar refractivity (Wildman–Crippen MR) is 488 cm³/mol. The molecular formula is C102H138BrN7. The third kappa shape index (κ3) is 22.1. The maximum absolute atomic E-state index is 8.55. The van der Waals surface area contributed by atoms with E-state index in [1.54, 1.807) is 0 Å². The highest BCUT2D eigenvalue weighted by molar-refractivity contribution is 9.09. The molecule has 8 aromatic carbocycles. The van der Waals surface area contributed by atoms with Gasteiger partial charge in [0.25, 0.3) is 0 Å². The topological polar surface area (TPSA) is 68.5 Å². The molecule has 0 unspecified atom stereocenters. The number of benzene rings is 8. The Balaban J connectivity index is 0.000000218. The Bertz CT molecular complexity index is 4840. The Labute approximate surface area is 671 Å². The first kappa shape index (κ1) is 83.7. The molecule has 0 saturated carbocycles. The Morgan fingerprint density at radius 2 is 0.518 bits per heavy atom. The van der Waals surface area contributed by atoms with Crippen molar-refractivity contribution in [2.24, 2.45) is 5.11 Å². The summed E-state index contributed by atoms with van der Waals surface area (Å²) in [5.41, 5.74) is 30.3. The van der Waals surface area contributed by atoms with Crippen LogP contribution in [0.5, 0.6) is 0 Å². The molecule has 0 atom stereocenters. The van der Waals surface area contributed by atoms with Gasteiger partial charge in [-0.05, 0) is 178 Å². The fraction of sp³-hybridized carbons (Fsp3) is 0.529. The van der Waals surface area contributed by atoms with Gasteiger partial charge in [0.05, 0.1) is 0 Å². The van der Waals surface area contributed by atoms with Crippen LogP contribution in [0.1, 0.15) is 319 Å². The van der Waals surface area contributed by atoms with Gasteiger partial charge < -0.3 is 18.3 Å². The van der Waals surface area contributed by atoms with E-state index in [1.165, 1.54) is 369 Å². The standard InChI is InChI=1S/C51H69BrN2.C51H69N5/c1-5-7-9-11-15-19-23-43(24-20-16-12-10-8-6-2)54-50-36-40(4)26-30-46(50)47-32-28-42(38-51(47)54)41-27-31-45-44-29-25-39(3)35-48(44)53(49(45)37-41)34-22-18-14-13-17-21-33-52;1-5-7-9-11-15-19-23-43(24-20-16-12-10-8-6-2)56-50-36-40(4)26-30-46(50)47-32-28-42(38-51(47)56)41-27-31-45-44-29-25-39(3)35-48(44)55(49(45)37-41)34-22-18-14-13-17-21-33-53-54-52/h25-32,35-38,43H,5-24,33-34H2,1-4H3;25-32,35-38,43H,5-24,33-34H2,1-4H3. The molecule has 7 nitrogen and oxygen atoms in total. The number of hydrogen-bond donors (Lipinski definition) is 0. The predicted octanol–water partition coefficient (Wildman–Crippen LogP) is 33.8. The van der Waals surface area contributed by atoms with Gasteiger partial charge in [0.2, 0.25) is 0 Å². The highest BCUT2D eigenvalue weighted by atomic mass is 79.9. The molecule has 0 aliphatic heterocycles. The summed E-state index contributed by atoms with van der Waals surface area (Å²) in [5.74, 6) is 0. The van der Waals surface area contributed by atoms with Gasteiger partial charge in [-0.3, -0.25) is 0 Å². The number of rotatable bonds is 49. The van der Waals surface area contributed by atoms with Crippen molar-refractivity contribution in [3.05, 3.63) is 178 Å². The van der Waals surface area contributed by atoms with Crippen molar-refractivity contribution in [3.63, 3.8) is 0 Å². The van der Waals surface area contributed by atoms with Crippen LogP contribution >= 0.6 is 15.9 Å². The fourth-order valence-electron chi connectivity index (χ4n) is 18.4. The Hall–Kier alpha value is -7.25. The van der Waals surface area contributed by atoms with Gasteiger partial charge in [0, 0.05) is 129 Å². The summed E-state index contributed by atoms with van der Waals surface area (Å²) >= 11 is 3.60. The second-order valence-electron chi connectivity index (χ2n) is 33.5. The average Bonchev–Trinajstić information content (AvgIpc) is 1.59. The molecule has 0 aliphatic carbocycles. The lowest BCUT2D eigenvalue weighted by Gasteiger charge is -2.22. The highest BCUT2D eigenvalue weighted by Crippen LogP contribution is 2.43. The van der Waals surface area contributed by atoms with Crippen molar-refractivity contribution < 1.29 is 0 Å². The minimum Gasteiger partial charge on any atom is -0.340 e. The van der Waals surface area contributed by atoms with E-state index in [0.717, 1.165) is 37.7 Å². The quantitative estimate of drug-likeness (QED) is 0.0120. The summed E-state index contributed by atoms with van der Waals surface area (Å²) in [7, 11) is 0. The molecule has 0 amide bonds. The molecule has 12 rings (SSSR count). The minimum absolute atomic E-state index is 0.517. The molecule has 0 spiro atoms. The van der Waals surface area contributed by atoms with Gasteiger partial charge in [-0.25, -0.2) is 0 Å². The molecule has 0 bridgehead atoms. The van der Waals surface area contributed by atoms with E-state index in [0.29, 0.717) is 18.6 Å². The van der Waals surface area contributed by atoms with Gasteiger partial charge in [-0.15, -0.1) is 0 Å². The number of halogens is 1. The molecule has 0 radical (unpaired) electrons. The van der Waals surface area contributed by atoms with E-state index < -0.39 is 0 Å². The molecule has 8 heteroatoms. The second kappa shape index (κ2) is 44.3. The first-order valence-corrected chi connectivity index (χ1v) is 45.9. The first-order valence-electron chi connectivity index (χ1n) is 44.8. The SMILES string of the molecule is CCCCCCCCC(CCCCCCCC)n1c2cc(C)ccc2c2ccc(-c3ccc4c5ccc(C)cc5n(CCCCCCCCBr)c4c3)cc21.CCCCCCCCC(CCCCCCCC)n1c2cc(C)ccc2c2ccc(-c3ccc4c5ccc(C)cc5n(CCCCCCCCN=[N+]=[N-])c4c3)cc21. The lowest BCUT2D eigenvalue weighted by atomic mass is 9.99. The van der Waals surface area contributed by atoms with Crippen LogP contribution in [-0.2, 0) is 13.1 Å². The fourth-order valence-corrected chi connectivity index (χ4v) is 18.8. The Kier molecular flexibility index (Phi) is 33.7. The lowest BCUT2D eigenvalue weighted by molar-refractivity contribution is 0.410. The van der Waals surface area contributed by atoms with Crippen LogP contribution in [0.15, 0.2) is 151 Å². The summed E-state index contributed by atoms with van der Waals surface area (Å²) in [6.07, 6.45) is 52.3. The highest BCUT2D eigenvalue weighted by Gasteiger charge is 2.24. The summed E-state index contributed by atoms with van der Waals surface area (Å²) in [4.78, 5) is 2.89. The summed E-state index contributed by atoms with van der Waals surface area (Å²) in [6.45, 7) is 21.0. The van der Waals surface area contributed by atoms with E-state index >= 15 is 0 Å². The van der Waals surface area contributed by atoms with E-state index in [4.69, 9.17) is 5.53 Å². The maximum Gasteiger partial charge on any atom is 0.0500 e. The normalized spacial score (nSPS) is 12.0. The number of azide groups is 1. The van der Waals surface area contributed by atoms with Crippen molar-refractivity contribution in [1.82, 2.24) is 18.3 Å². The molecule has 110 heavy (non-hydrogen) atoms. The van der Waals surface area contributed by atoms with Crippen LogP contribution in [0.4, 0.5) is 0 Å². The van der Waals surface area contributed by atoms with E-state index in [1.807, 2.05) is 0 Å². The van der Waals surface area contributed by atoms with Gasteiger partial charge in [-0.2, -0.15) is 0 Å². The smallest absolute Gasteiger partial charge is 0.0500 e. The van der Waals surface area contributed by atoms with Gasteiger partial charge in [0.15, 0.2) is 0 Å². The summed E-state index contributed by atoms with van der Waals surface area (Å²) in [6, 6.07) is 58.6. The molecule has 0 aliphatic rings. The Morgan fingerprint density at radius 3 is 0.827 bits per heavy atom. The van der Waals surface area contributed by atoms with Crippen molar-refractivity contribution in [2.45, 2.75) is 337 Å². The Morgan fingerprint density at radius 1 is 0.282 bits per heavy atom. The largest absolute Gasteiger partial charge is 0.340 e. The number of unbranched alkanes of at least 4 members (excludes halogenated alkanes) is 30. The second-order valence-corrected chi connectivity index (χ2v) is 34.3. The molecule has 4 heterocycles. The van der Waals surface area contributed by atoms with E-state index in [-0.39, 0.29) is 0 Å². The zero-order valence-corrected chi connectivity index (χ0v) is 71.2. The average molecular weight is 1540 g/mol. The monoisotopic (exact) mass is 1540 g/mol. The molecule has 0 fully saturated rings. The number of hydrogen-bond acceptors (Lipinski definition) is 1. The third-order valence-electron chi connectivity index (χ3n) is 24.6. The van der Waals surface area contributed by atoms with Gasteiger partial charge >= 0.3 is 0 Å². The summed E-state index contributed by atoms with van der Waals surface area (Å²) < 4.78 is 10.8. The van der Waals surface area contributed by atoms with Gasteiger partial charge in [0.1, 0.15) is 0 Å². The molecule has 4 aromatic heterocycles. The maximum atomic E-state index is 8.55. The van der Waals surface area contributed by atoms with Crippen molar-refractivity contribution in [1.29, 1.82) is 0 Å². The van der Waals surface area contributed by atoms with E-state index in [9.17, 15) is 0 Å². The molecule has 588 valence electrons. The van der Waals surface area contributed by atoms with Crippen molar-refractivity contribution in [3.8, 4) is 22.3 Å². The van der Waals surface area contributed by atoms with Crippen LogP contribution in [0.2, 0.25) is 0 Å². The number of fused-ring (bicyclic) bond motifs is 12. The molecule has 12 aromatic rings. The van der Waals surface area contributed by atoms with Crippen molar-refractivity contribution in [2.75, 3.05) is 11.9 Å². The van der Waals surface area contributed by atoms with E-state index in [2.05, 4.69) is 245 Å². The van der Waals surface area contributed by atoms with Crippen molar-refractivity contribution >= 4 is 103 Å². The number of aromatic nitrogens is 4. The lowest BCUT2D eigenvalue weighted by Crippen LogP contribution is -2.09. The zero-order valence-electron chi connectivity index (χ0n) is 69.6. The minimum atomic E-state index is 0.517. The molecule has 0 N–H and O–H groups in total. The van der Waals surface area contributed by atoms with Crippen LogP contribution in [0.25, 0.3) is 120 Å². The van der Waals surface area contributed by atoms with Crippen LogP contribution in [-0.4, -0.2) is 30.1 Å². The first-order chi connectivity index (χ1) is 54.1. The van der Waals surface area contributed by atoms with Crippen LogP contribution in [0, 0.1) is 27.7 Å². The molecule has 0 saturated heterocycles. The number of aryl methyl sites for hydroxylation is 6. The van der Waals surface area contributed by atoms with Crippen LogP contribution < -0.4 is 0 Å². The molecular weight excluding hydrogens is 1400 g/mol. The zero-order chi connectivity index (χ0) is 76.8. The third-order valence-corrected chi connectivity index (χ3v) is 25.2.